The second-order valence-corrected chi connectivity index (χ2v) is 11.0. The quantitative estimate of drug-likeness (QED) is 0.105. The molecular weight excluding hydrogens is 512 g/mol. The van der Waals surface area contributed by atoms with Gasteiger partial charge in [-0.1, -0.05) is 84.0 Å². The normalized spacial score (nSPS) is 35.2. The maximum atomic E-state index is 12.4. The number of hydrogen-bond donors (Lipinski definition) is 6. The van der Waals surface area contributed by atoms with Gasteiger partial charge in [0.2, 0.25) is 0 Å². The third-order valence-corrected chi connectivity index (χ3v) is 7.66. The molecule has 0 aromatic carbocycles. The highest BCUT2D eigenvalue weighted by Crippen LogP contribution is 2.29. The predicted molar refractivity (Wildman–Crippen MR) is 141 cm³/mol. The van der Waals surface area contributed by atoms with Crippen LogP contribution in [-0.4, -0.2) is 105 Å². The maximum Gasteiger partial charge on any atom is 0.306 e. The zero-order valence-electron chi connectivity index (χ0n) is 23.6. The Morgan fingerprint density at radius 2 is 1.21 bits per heavy atom. The topological polar surface area (TPSA) is 175 Å². The van der Waals surface area contributed by atoms with Gasteiger partial charge in [-0.05, 0) is 13.3 Å². The van der Waals surface area contributed by atoms with Gasteiger partial charge in [0.1, 0.15) is 36.6 Å². The van der Waals surface area contributed by atoms with Crippen LogP contribution in [-0.2, 0) is 23.7 Å². The molecule has 2 aliphatic heterocycles. The van der Waals surface area contributed by atoms with Crippen molar-refractivity contribution in [3.05, 3.63) is 0 Å². The van der Waals surface area contributed by atoms with Crippen molar-refractivity contribution in [2.75, 3.05) is 6.61 Å². The summed E-state index contributed by atoms with van der Waals surface area (Å²) in [6.45, 7) is 3.14. The van der Waals surface area contributed by atoms with E-state index in [0.717, 1.165) is 19.3 Å². The molecule has 0 amide bonds. The van der Waals surface area contributed by atoms with E-state index in [1.165, 1.54) is 64.7 Å². The summed E-state index contributed by atoms with van der Waals surface area (Å²) < 4.78 is 21.4. The first-order valence-corrected chi connectivity index (χ1v) is 14.9. The SMILES string of the molecule is CCCCCCCCCCCCCCCC(=O)O[C@@H]1[C@@H](O)[C@@H](O)[C@H](O[C@@H]2[C@@H](O)[C@H](O)[C@@H](CO)O[C@H]2O)O[C@H]1C. The number of unbranched alkanes of at least 4 members (excludes halogenated alkanes) is 12. The van der Waals surface area contributed by atoms with Gasteiger partial charge in [-0.15, -0.1) is 0 Å². The van der Waals surface area contributed by atoms with Gasteiger partial charge in [0, 0.05) is 6.42 Å². The van der Waals surface area contributed by atoms with Crippen molar-refractivity contribution < 1.29 is 54.4 Å². The average molecular weight is 565 g/mol. The van der Waals surface area contributed by atoms with Crippen LogP contribution >= 0.6 is 0 Å². The summed E-state index contributed by atoms with van der Waals surface area (Å²) in [5.41, 5.74) is 0. The molecule has 2 rings (SSSR count). The second kappa shape index (κ2) is 18.5. The Bertz CT molecular complexity index is 665. The van der Waals surface area contributed by atoms with Gasteiger partial charge in [0.15, 0.2) is 18.7 Å². The van der Waals surface area contributed by atoms with Gasteiger partial charge in [-0.3, -0.25) is 4.79 Å². The minimum absolute atomic E-state index is 0.200. The van der Waals surface area contributed by atoms with E-state index in [4.69, 9.17) is 18.9 Å². The third kappa shape index (κ3) is 11.1. The molecule has 11 heteroatoms. The number of ether oxygens (including phenoxy) is 4. The summed E-state index contributed by atoms with van der Waals surface area (Å²) >= 11 is 0. The van der Waals surface area contributed by atoms with Crippen molar-refractivity contribution in [2.45, 2.75) is 165 Å². The van der Waals surface area contributed by atoms with Crippen LogP contribution in [0, 0.1) is 0 Å². The molecule has 2 aliphatic rings. The van der Waals surface area contributed by atoms with E-state index in [1.807, 2.05) is 0 Å². The highest BCUT2D eigenvalue weighted by atomic mass is 16.7. The Hall–Kier alpha value is -0.890. The average Bonchev–Trinajstić information content (AvgIpc) is 2.91. The summed E-state index contributed by atoms with van der Waals surface area (Å²) in [7, 11) is 0. The number of aliphatic hydroxyl groups is 6. The second-order valence-electron chi connectivity index (χ2n) is 11.0. The molecule has 0 aromatic rings. The van der Waals surface area contributed by atoms with E-state index >= 15 is 0 Å². The van der Waals surface area contributed by atoms with Crippen LogP contribution in [0.1, 0.15) is 104 Å². The van der Waals surface area contributed by atoms with Gasteiger partial charge in [-0.25, -0.2) is 0 Å². The van der Waals surface area contributed by atoms with Crippen LogP contribution in [0.2, 0.25) is 0 Å². The number of rotatable bonds is 18. The van der Waals surface area contributed by atoms with Gasteiger partial charge in [0.05, 0.1) is 12.7 Å². The Kier molecular flexibility index (Phi) is 16.3. The molecule has 0 radical (unpaired) electrons. The van der Waals surface area contributed by atoms with Crippen molar-refractivity contribution in [1.29, 1.82) is 0 Å². The maximum absolute atomic E-state index is 12.4. The van der Waals surface area contributed by atoms with Crippen LogP contribution in [0.4, 0.5) is 0 Å². The van der Waals surface area contributed by atoms with E-state index in [0.29, 0.717) is 6.42 Å². The first kappa shape index (κ1) is 34.3. The van der Waals surface area contributed by atoms with E-state index in [2.05, 4.69) is 6.92 Å². The molecule has 0 unspecified atom stereocenters. The molecular formula is C28H52O11. The molecule has 2 saturated heterocycles. The van der Waals surface area contributed by atoms with Crippen molar-refractivity contribution in [3.63, 3.8) is 0 Å². The van der Waals surface area contributed by atoms with E-state index < -0.39 is 74.0 Å². The Balaban J connectivity index is 1.63. The van der Waals surface area contributed by atoms with Crippen molar-refractivity contribution in [2.24, 2.45) is 0 Å². The fourth-order valence-electron chi connectivity index (χ4n) is 5.15. The molecule has 0 bridgehead atoms. The summed E-state index contributed by atoms with van der Waals surface area (Å²) in [4.78, 5) is 12.4. The number of hydrogen-bond acceptors (Lipinski definition) is 11. The molecule has 230 valence electrons. The zero-order chi connectivity index (χ0) is 28.8. The Morgan fingerprint density at radius 3 is 1.74 bits per heavy atom. The summed E-state index contributed by atoms with van der Waals surface area (Å²) in [6, 6.07) is 0. The fourth-order valence-corrected chi connectivity index (χ4v) is 5.15. The van der Waals surface area contributed by atoms with Gasteiger partial charge in [-0.2, -0.15) is 0 Å². The van der Waals surface area contributed by atoms with E-state index in [9.17, 15) is 35.4 Å². The van der Waals surface area contributed by atoms with Crippen molar-refractivity contribution >= 4 is 5.97 Å². The standard InChI is InChI=1S/C28H52O11/c1-3-4-5-6-7-8-9-10-11-12-13-14-15-16-20(30)38-25-18(2)36-28(24(34)23(25)33)39-26-22(32)21(31)19(17-29)37-27(26)35/h18-19,21-29,31-35H,3-17H2,1-2H3/t18-,19+,21+,22-,23-,24+,25-,26+,27+,28-/m0/s1. The van der Waals surface area contributed by atoms with E-state index in [-0.39, 0.29) is 6.42 Å². The molecule has 0 spiro atoms. The highest BCUT2D eigenvalue weighted by Gasteiger charge is 2.50. The summed E-state index contributed by atoms with van der Waals surface area (Å²) in [6.07, 6.45) is 1.41. The third-order valence-electron chi connectivity index (χ3n) is 7.66. The summed E-state index contributed by atoms with van der Waals surface area (Å²) in [5.74, 6) is -0.492. The largest absolute Gasteiger partial charge is 0.457 e. The first-order chi connectivity index (χ1) is 18.7. The molecule has 2 fully saturated rings. The van der Waals surface area contributed by atoms with Gasteiger partial charge in [0.25, 0.3) is 0 Å². The van der Waals surface area contributed by atoms with Crippen LogP contribution in [0.3, 0.4) is 0 Å². The van der Waals surface area contributed by atoms with Crippen LogP contribution in [0.15, 0.2) is 0 Å². The van der Waals surface area contributed by atoms with E-state index in [1.54, 1.807) is 0 Å². The molecule has 10 atom stereocenters. The molecule has 11 nitrogen and oxygen atoms in total. The van der Waals surface area contributed by atoms with Crippen molar-refractivity contribution in [1.82, 2.24) is 0 Å². The number of aliphatic hydroxyl groups excluding tert-OH is 6. The minimum Gasteiger partial charge on any atom is -0.457 e. The number of esters is 1. The first-order valence-electron chi connectivity index (χ1n) is 14.9. The monoisotopic (exact) mass is 564 g/mol. The molecule has 2 heterocycles. The lowest BCUT2D eigenvalue weighted by atomic mass is 9.97. The zero-order valence-corrected chi connectivity index (χ0v) is 23.6. The van der Waals surface area contributed by atoms with Gasteiger partial charge < -0.3 is 49.6 Å². The van der Waals surface area contributed by atoms with Crippen LogP contribution in [0.5, 0.6) is 0 Å². The smallest absolute Gasteiger partial charge is 0.306 e. The fraction of sp³-hybridized carbons (Fsp3) is 0.964. The number of carbonyl (C=O) groups is 1. The molecule has 0 aliphatic carbocycles. The van der Waals surface area contributed by atoms with Crippen LogP contribution in [0.25, 0.3) is 0 Å². The summed E-state index contributed by atoms with van der Waals surface area (Å²) in [5, 5.41) is 60.6. The van der Waals surface area contributed by atoms with Gasteiger partial charge >= 0.3 is 5.97 Å². The van der Waals surface area contributed by atoms with Crippen molar-refractivity contribution in [3.8, 4) is 0 Å². The Labute approximate surface area is 232 Å². The lowest BCUT2D eigenvalue weighted by molar-refractivity contribution is -0.359. The molecule has 6 N–H and O–H groups in total. The number of carbonyl (C=O) groups excluding carboxylic acids is 1. The molecule has 0 saturated carbocycles. The molecule has 0 aromatic heterocycles. The molecule has 39 heavy (non-hydrogen) atoms. The predicted octanol–water partition coefficient (Wildman–Crippen LogP) is 1.66. The lowest BCUT2D eigenvalue weighted by Crippen LogP contribution is -2.64. The van der Waals surface area contributed by atoms with Crippen LogP contribution < -0.4 is 0 Å². The lowest BCUT2D eigenvalue weighted by Gasteiger charge is -2.45. The minimum atomic E-state index is -1.72. The Morgan fingerprint density at radius 1 is 0.692 bits per heavy atom. The highest BCUT2D eigenvalue weighted by molar-refractivity contribution is 5.69.